The van der Waals surface area contributed by atoms with Crippen molar-refractivity contribution in [2.45, 2.75) is 116 Å². The third kappa shape index (κ3) is 10.5. The van der Waals surface area contributed by atoms with Crippen molar-refractivity contribution in [2.24, 2.45) is 0 Å². The lowest BCUT2D eigenvalue weighted by Crippen LogP contribution is -2.39. The molecule has 0 spiro atoms. The molecule has 160 valence electrons. The first-order valence-electron chi connectivity index (χ1n) is 10.7. The molecule has 0 aromatic rings. The molecule has 4 atom stereocenters. The molecule has 1 rings (SSSR count). The summed E-state index contributed by atoms with van der Waals surface area (Å²) >= 11 is -2.09. The van der Waals surface area contributed by atoms with Crippen LogP contribution in [0.4, 0.5) is 4.39 Å². The lowest BCUT2D eigenvalue weighted by molar-refractivity contribution is -0.153. The fraction of sp³-hybridized carbons (Fsp3) is 0.950. The van der Waals surface area contributed by atoms with Crippen LogP contribution in [0.1, 0.15) is 97.3 Å². The van der Waals surface area contributed by atoms with E-state index in [1.165, 1.54) is 57.8 Å². The first-order chi connectivity index (χ1) is 13.1. The van der Waals surface area contributed by atoms with Gasteiger partial charge in [0.25, 0.3) is 0 Å². The van der Waals surface area contributed by atoms with Gasteiger partial charge in [0.05, 0.1) is 6.61 Å². The van der Waals surface area contributed by atoms with Crippen molar-refractivity contribution < 1.29 is 26.5 Å². The van der Waals surface area contributed by atoms with E-state index in [1.807, 2.05) is 0 Å². The first kappa shape index (κ1) is 24.5. The zero-order valence-corrected chi connectivity index (χ0v) is 17.8. The molecule has 0 saturated carbocycles. The third-order valence-electron chi connectivity index (χ3n) is 4.88. The van der Waals surface area contributed by atoms with Crippen LogP contribution in [0.5, 0.6) is 0 Å². The molecule has 0 amide bonds. The largest absolute Gasteiger partial charge is 0.464 e. The maximum Gasteiger partial charge on any atom is 0.339 e. The van der Waals surface area contributed by atoms with Crippen LogP contribution in [-0.4, -0.2) is 35.2 Å². The highest BCUT2D eigenvalue weighted by atomic mass is 32.2. The smallest absolute Gasteiger partial charge is 0.339 e. The Hall–Kier alpha value is -0.530. The second-order valence-electron chi connectivity index (χ2n) is 7.23. The number of hydrogen-bond acceptors (Lipinski definition) is 5. The quantitative estimate of drug-likeness (QED) is 0.255. The normalized spacial score (nSPS) is 23.4. The zero-order chi connectivity index (χ0) is 19.9. The van der Waals surface area contributed by atoms with Crippen LogP contribution in [0.25, 0.3) is 0 Å². The van der Waals surface area contributed by atoms with Crippen LogP contribution >= 0.6 is 0 Å². The number of rotatable bonds is 16. The number of halogens is 1. The summed E-state index contributed by atoms with van der Waals surface area (Å²) in [5.41, 5.74) is 0. The van der Waals surface area contributed by atoms with Gasteiger partial charge in [-0.25, -0.2) is 9.18 Å². The van der Waals surface area contributed by atoms with Crippen molar-refractivity contribution in [2.75, 3.05) is 6.61 Å². The summed E-state index contributed by atoms with van der Waals surface area (Å²) in [6.45, 7) is 4.05. The van der Waals surface area contributed by atoms with Crippen molar-refractivity contribution >= 4 is 17.3 Å². The Morgan fingerprint density at radius 3 is 1.96 bits per heavy atom. The van der Waals surface area contributed by atoms with Gasteiger partial charge in [0.1, 0.15) is 12.3 Å². The molecule has 1 unspecified atom stereocenters. The van der Waals surface area contributed by atoms with Gasteiger partial charge in [0.15, 0.2) is 0 Å². The number of ether oxygens (including phenoxy) is 1. The van der Waals surface area contributed by atoms with E-state index < -0.39 is 35.7 Å². The molecule has 0 aromatic heterocycles. The second-order valence-corrected chi connectivity index (χ2v) is 8.02. The van der Waals surface area contributed by atoms with Gasteiger partial charge in [-0.05, 0) is 13.3 Å². The maximum absolute atomic E-state index is 14.4. The highest BCUT2D eigenvalue weighted by Gasteiger charge is 2.46. The lowest BCUT2D eigenvalue weighted by Gasteiger charge is -2.17. The topological polar surface area (TPSA) is 61.8 Å². The maximum atomic E-state index is 14.4. The van der Waals surface area contributed by atoms with Gasteiger partial charge >= 0.3 is 17.3 Å². The summed E-state index contributed by atoms with van der Waals surface area (Å²) in [7, 11) is 0. The fourth-order valence-corrected chi connectivity index (χ4v) is 4.10. The molecule has 1 saturated heterocycles. The molecule has 0 bridgehead atoms. The molecule has 0 radical (unpaired) electrons. The second kappa shape index (κ2) is 15.4. The summed E-state index contributed by atoms with van der Waals surface area (Å²) in [6, 6.07) is 0. The summed E-state index contributed by atoms with van der Waals surface area (Å²) < 4.78 is 40.4. The van der Waals surface area contributed by atoms with Crippen LogP contribution in [-0.2, 0) is 29.3 Å². The van der Waals surface area contributed by atoms with E-state index >= 15 is 0 Å². The first-order valence-corrected chi connectivity index (χ1v) is 11.7. The molecule has 7 heteroatoms. The Balaban J connectivity index is 2.05. The van der Waals surface area contributed by atoms with Crippen molar-refractivity contribution in [3.63, 3.8) is 0 Å². The highest BCUT2D eigenvalue weighted by molar-refractivity contribution is 7.75. The van der Waals surface area contributed by atoms with Crippen LogP contribution in [0.2, 0.25) is 0 Å². The molecule has 0 N–H and O–H groups in total. The molecule has 1 fully saturated rings. The van der Waals surface area contributed by atoms with E-state index in [4.69, 9.17) is 13.1 Å². The predicted octanol–water partition coefficient (Wildman–Crippen LogP) is 5.34. The van der Waals surface area contributed by atoms with Gasteiger partial charge in [-0.2, -0.15) is 4.21 Å². The summed E-state index contributed by atoms with van der Waals surface area (Å²) in [5.74, 6) is -0.717. The Morgan fingerprint density at radius 2 is 1.44 bits per heavy atom. The van der Waals surface area contributed by atoms with Gasteiger partial charge in [0.2, 0.25) is 6.10 Å². The van der Waals surface area contributed by atoms with Crippen molar-refractivity contribution in [3.8, 4) is 0 Å². The van der Waals surface area contributed by atoms with E-state index in [0.29, 0.717) is 0 Å². The number of esters is 1. The molecule has 0 aliphatic carbocycles. The Kier molecular flexibility index (Phi) is 14.0. The number of carbonyl (C=O) groups is 1. The standard InChI is InChI=1S/C20H37FO5S/c1-3-5-6-7-8-9-10-11-12-13-14-15-16-17(21)18-19(20(22)24-4-2)26-27(23)25-18/h17-19H,3-16H2,1-2H3/t17-,18-,19+,27?/m1/s1. The van der Waals surface area contributed by atoms with Crippen molar-refractivity contribution in [1.29, 1.82) is 0 Å². The highest BCUT2D eigenvalue weighted by Crippen LogP contribution is 2.26. The Labute approximate surface area is 166 Å². The van der Waals surface area contributed by atoms with E-state index in [0.717, 1.165) is 19.3 Å². The number of hydrogen-bond donors (Lipinski definition) is 0. The van der Waals surface area contributed by atoms with Crippen LogP contribution in [0.3, 0.4) is 0 Å². The number of unbranched alkanes of at least 4 members (excludes halogenated alkanes) is 11. The third-order valence-corrected chi connectivity index (χ3v) is 5.62. The van der Waals surface area contributed by atoms with E-state index in [-0.39, 0.29) is 13.0 Å². The molecule has 5 nitrogen and oxygen atoms in total. The SMILES string of the molecule is CCCCCCCCCCCCCC[C@@H](F)[C@H]1OS(=O)O[C@@H]1C(=O)OCC. The average molecular weight is 409 g/mol. The molecular formula is C20H37FO5S. The average Bonchev–Trinajstić information content (AvgIpc) is 3.04. The Bertz CT molecular complexity index is 421. The van der Waals surface area contributed by atoms with Gasteiger partial charge in [0, 0.05) is 0 Å². The summed E-state index contributed by atoms with van der Waals surface area (Å²) in [5, 5.41) is 0. The molecular weight excluding hydrogens is 371 g/mol. The number of carbonyl (C=O) groups excluding carboxylic acids is 1. The minimum absolute atomic E-state index is 0.160. The van der Waals surface area contributed by atoms with Crippen LogP contribution in [0, 0.1) is 0 Å². The number of alkyl halides is 1. The Morgan fingerprint density at radius 1 is 0.926 bits per heavy atom. The van der Waals surface area contributed by atoms with Gasteiger partial charge < -0.3 is 4.74 Å². The molecule has 1 aliphatic rings. The van der Waals surface area contributed by atoms with E-state index in [1.54, 1.807) is 6.92 Å². The minimum atomic E-state index is -2.09. The monoisotopic (exact) mass is 408 g/mol. The predicted molar refractivity (Wildman–Crippen MR) is 105 cm³/mol. The molecule has 1 aliphatic heterocycles. The van der Waals surface area contributed by atoms with E-state index in [9.17, 15) is 13.4 Å². The van der Waals surface area contributed by atoms with Gasteiger partial charge in [-0.1, -0.05) is 84.0 Å². The molecule has 1 heterocycles. The lowest BCUT2D eigenvalue weighted by atomic mass is 10.0. The van der Waals surface area contributed by atoms with Crippen molar-refractivity contribution in [1.82, 2.24) is 0 Å². The van der Waals surface area contributed by atoms with Gasteiger partial charge in [-0.15, -0.1) is 0 Å². The fourth-order valence-electron chi connectivity index (χ4n) is 3.30. The van der Waals surface area contributed by atoms with Crippen LogP contribution < -0.4 is 0 Å². The van der Waals surface area contributed by atoms with Crippen molar-refractivity contribution in [3.05, 3.63) is 0 Å². The molecule has 27 heavy (non-hydrogen) atoms. The summed E-state index contributed by atoms with van der Waals surface area (Å²) in [6.07, 6.45) is 11.0. The summed E-state index contributed by atoms with van der Waals surface area (Å²) in [4.78, 5) is 11.8. The zero-order valence-electron chi connectivity index (χ0n) is 17.0. The van der Waals surface area contributed by atoms with Gasteiger partial charge in [-0.3, -0.25) is 8.37 Å². The minimum Gasteiger partial charge on any atom is -0.464 e. The molecule has 0 aromatic carbocycles. The van der Waals surface area contributed by atoms with Crippen LogP contribution in [0.15, 0.2) is 0 Å². The van der Waals surface area contributed by atoms with E-state index in [2.05, 4.69) is 6.92 Å².